The Balaban J connectivity index is 1.98. The number of nitrogens with zero attached hydrogens (tertiary/aromatic N) is 1. The average Bonchev–Trinajstić information content (AvgIpc) is 2.52. The van der Waals surface area contributed by atoms with Crippen LogP contribution >= 0.6 is 0 Å². The summed E-state index contributed by atoms with van der Waals surface area (Å²) in [7, 11) is 0. The molecule has 0 aliphatic carbocycles. The highest BCUT2D eigenvalue weighted by Gasteiger charge is 2.16. The lowest BCUT2D eigenvalue weighted by Crippen LogP contribution is -2.32. The zero-order chi connectivity index (χ0) is 18.4. The number of hydrogen-bond donors (Lipinski definition) is 3. The maximum Gasteiger partial charge on any atom is 0.407 e. The molecule has 0 saturated carbocycles. The first-order chi connectivity index (χ1) is 11.7. The smallest absolute Gasteiger partial charge is 0.407 e. The minimum Gasteiger partial charge on any atom is -0.505 e. The second kappa shape index (κ2) is 7.65. The Hall–Kier alpha value is -3.09. The fraction of sp³-hybridized carbons (Fsp3) is 0.278. The van der Waals surface area contributed by atoms with E-state index in [4.69, 9.17) is 4.74 Å². The van der Waals surface area contributed by atoms with Crippen LogP contribution in [0.15, 0.2) is 42.6 Å². The Morgan fingerprint density at radius 1 is 1.20 bits per heavy atom. The first-order valence-corrected chi connectivity index (χ1v) is 7.76. The van der Waals surface area contributed by atoms with E-state index in [2.05, 4.69) is 15.6 Å². The number of hydrogen-bond acceptors (Lipinski definition) is 5. The van der Waals surface area contributed by atoms with Crippen LogP contribution in [0.4, 0.5) is 10.5 Å². The van der Waals surface area contributed by atoms with Gasteiger partial charge in [-0.25, -0.2) is 9.78 Å². The first kappa shape index (κ1) is 18.3. The largest absolute Gasteiger partial charge is 0.505 e. The third-order valence-electron chi connectivity index (χ3n) is 3.02. The summed E-state index contributed by atoms with van der Waals surface area (Å²) < 4.78 is 5.17. The standard InChI is InChI=1S/C18H21N3O4/c1-18(2,3)25-17(24)20-11-12-6-4-7-13(10-12)21-16(23)15-14(22)8-5-9-19-15/h4-10,22H,11H2,1-3H3,(H,20,24)(H,21,23). The van der Waals surface area contributed by atoms with E-state index in [0.717, 1.165) is 5.56 Å². The third kappa shape index (κ3) is 5.80. The highest BCUT2D eigenvalue weighted by Crippen LogP contribution is 2.16. The highest BCUT2D eigenvalue weighted by molar-refractivity contribution is 6.04. The van der Waals surface area contributed by atoms with Crippen LogP contribution in [0, 0.1) is 0 Å². The minimum absolute atomic E-state index is 0.0558. The summed E-state index contributed by atoms with van der Waals surface area (Å²) in [5, 5.41) is 15.0. The Bertz CT molecular complexity index is 769. The van der Waals surface area contributed by atoms with Gasteiger partial charge < -0.3 is 20.5 Å². The van der Waals surface area contributed by atoms with Crippen LogP contribution in [0.25, 0.3) is 0 Å². The number of carbonyl (C=O) groups excluding carboxylic acids is 2. The van der Waals surface area contributed by atoms with E-state index in [9.17, 15) is 14.7 Å². The van der Waals surface area contributed by atoms with Crippen LogP contribution in [0.2, 0.25) is 0 Å². The summed E-state index contributed by atoms with van der Waals surface area (Å²) in [6.45, 7) is 5.62. The maximum absolute atomic E-state index is 12.1. The normalized spacial score (nSPS) is 10.8. The van der Waals surface area contributed by atoms with E-state index < -0.39 is 17.6 Å². The molecule has 2 aromatic rings. The van der Waals surface area contributed by atoms with Crippen molar-refractivity contribution in [2.24, 2.45) is 0 Å². The Morgan fingerprint density at radius 3 is 2.64 bits per heavy atom. The van der Waals surface area contributed by atoms with Gasteiger partial charge in [-0.1, -0.05) is 12.1 Å². The number of amides is 2. The zero-order valence-electron chi connectivity index (χ0n) is 14.4. The lowest BCUT2D eigenvalue weighted by molar-refractivity contribution is 0.0523. The van der Waals surface area contributed by atoms with E-state index in [-0.39, 0.29) is 18.0 Å². The van der Waals surface area contributed by atoms with E-state index >= 15 is 0 Å². The number of anilines is 1. The molecule has 0 fully saturated rings. The van der Waals surface area contributed by atoms with Gasteiger partial charge >= 0.3 is 6.09 Å². The van der Waals surface area contributed by atoms with Gasteiger partial charge in [-0.2, -0.15) is 0 Å². The summed E-state index contributed by atoms with van der Waals surface area (Å²) in [6.07, 6.45) is 0.913. The molecule has 0 aliphatic rings. The summed E-state index contributed by atoms with van der Waals surface area (Å²) in [5.41, 5.74) is 0.692. The van der Waals surface area contributed by atoms with Gasteiger partial charge in [-0.05, 0) is 50.6 Å². The van der Waals surface area contributed by atoms with Crippen molar-refractivity contribution in [1.29, 1.82) is 0 Å². The lowest BCUT2D eigenvalue weighted by atomic mass is 10.2. The van der Waals surface area contributed by atoms with Gasteiger partial charge in [0, 0.05) is 18.4 Å². The van der Waals surface area contributed by atoms with E-state index in [0.29, 0.717) is 5.69 Å². The second-order valence-corrected chi connectivity index (χ2v) is 6.38. The number of nitrogens with one attached hydrogen (secondary N) is 2. The molecule has 7 nitrogen and oxygen atoms in total. The van der Waals surface area contributed by atoms with E-state index in [1.807, 2.05) is 6.07 Å². The van der Waals surface area contributed by atoms with Crippen molar-refractivity contribution in [1.82, 2.24) is 10.3 Å². The molecule has 2 rings (SSSR count). The van der Waals surface area contributed by atoms with Crippen LogP contribution in [0.3, 0.4) is 0 Å². The molecule has 0 atom stereocenters. The molecular weight excluding hydrogens is 322 g/mol. The molecule has 2 amide bonds. The minimum atomic E-state index is -0.565. The van der Waals surface area contributed by atoms with Crippen LogP contribution in [-0.2, 0) is 11.3 Å². The van der Waals surface area contributed by atoms with Crippen LogP contribution in [0.1, 0.15) is 36.8 Å². The Morgan fingerprint density at radius 2 is 1.96 bits per heavy atom. The first-order valence-electron chi connectivity index (χ1n) is 7.76. The number of aromatic nitrogens is 1. The maximum atomic E-state index is 12.1. The molecule has 25 heavy (non-hydrogen) atoms. The number of ether oxygens (including phenoxy) is 1. The quantitative estimate of drug-likeness (QED) is 0.792. The summed E-state index contributed by atoms with van der Waals surface area (Å²) in [5.74, 6) is -0.710. The van der Waals surface area contributed by atoms with Crippen molar-refractivity contribution in [2.45, 2.75) is 32.9 Å². The van der Waals surface area contributed by atoms with Crippen molar-refractivity contribution in [3.05, 3.63) is 53.9 Å². The van der Waals surface area contributed by atoms with E-state index in [1.165, 1.54) is 18.3 Å². The third-order valence-corrected chi connectivity index (χ3v) is 3.02. The molecule has 0 bridgehead atoms. The van der Waals surface area contributed by atoms with Crippen LogP contribution in [-0.4, -0.2) is 27.7 Å². The van der Waals surface area contributed by atoms with Crippen LogP contribution < -0.4 is 10.6 Å². The zero-order valence-corrected chi connectivity index (χ0v) is 14.4. The summed E-state index contributed by atoms with van der Waals surface area (Å²) in [6, 6.07) is 9.91. The van der Waals surface area contributed by atoms with Gasteiger partial charge in [-0.15, -0.1) is 0 Å². The lowest BCUT2D eigenvalue weighted by Gasteiger charge is -2.19. The van der Waals surface area contributed by atoms with Gasteiger partial charge in [-0.3, -0.25) is 4.79 Å². The van der Waals surface area contributed by atoms with E-state index in [1.54, 1.807) is 39.0 Å². The molecule has 7 heteroatoms. The number of aromatic hydroxyl groups is 1. The number of rotatable bonds is 4. The predicted octanol–water partition coefficient (Wildman–Crippen LogP) is 3.06. The molecule has 0 unspecified atom stereocenters. The van der Waals surface area contributed by atoms with Gasteiger partial charge in [0.2, 0.25) is 0 Å². The van der Waals surface area contributed by atoms with Crippen LogP contribution in [0.5, 0.6) is 5.75 Å². The molecule has 0 spiro atoms. The number of pyridine rings is 1. The monoisotopic (exact) mass is 343 g/mol. The molecule has 0 saturated heterocycles. The van der Waals surface area contributed by atoms with Crippen molar-refractivity contribution in [2.75, 3.05) is 5.32 Å². The van der Waals surface area contributed by atoms with Gasteiger partial charge in [0.15, 0.2) is 5.69 Å². The van der Waals surface area contributed by atoms with Gasteiger partial charge in [0.05, 0.1) is 0 Å². The highest BCUT2D eigenvalue weighted by atomic mass is 16.6. The van der Waals surface area contributed by atoms with Crippen molar-refractivity contribution in [3.8, 4) is 5.75 Å². The van der Waals surface area contributed by atoms with Crippen molar-refractivity contribution >= 4 is 17.7 Å². The molecule has 1 aromatic heterocycles. The SMILES string of the molecule is CC(C)(C)OC(=O)NCc1cccc(NC(=O)c2ncccc2O)c1. The number of benzene rings is 1. The average molecular weight is 343 g/mol. The van der Waals surface area contributed by atoms with Crippen molar-refractivity contribution in [3.63, 3.8) is 0 Å². The Kier molecular flexibility index (Phi) is 5.59. The van der Waals surface area contributed by atoms with Crippen molar-refractivity contribution < 1.29 is 19.4 Å². The fourth-order valence-corrected chi connectivity index (χ4v) is 2.01. The molecule has 1 aromatic carbocycles. The second-order valence-electron chi connectivity index (χ2n) is 6.38. The molecule has 1 heterocycles. The van der Waals surface area contributed by atoms with Gasteiger partial charge in [0.25, 0.3) is 5.91 Å². The molecule has 0 aliphatic heterocycles. The molecule has 3 N–H and O–H groups in total. The molecular formula is C18H21N3O4. The summed E-state index contributed by atoms with van der Waals surface area (Å²) in [4.78, 5) is 27.7. The molecule has 0 radical (unpaired) electrons. The summed E-state index contributed by atoms with van der Waals surface area (Å²) >= 11 is 0. The molecule has 132 valence electrons. The topological polar surface area (TPSA) is 101 Å². The fourth-order valence-electron chi connectivity index (χ4n) is 2.01. The number of carbonyl (C=O) groups is 2. The predicted molar refractivity (Wildman–Crippen MR) is 93.4 cm³/mol. The van der Waals surface area contributed by atoms with Gasteiger partial charge in [0.1, 0.15) is 11.4 Å². The number of alkyl carbamates (subject to hydrolysis) is 1. The Labute approximate surface area is 146 Å².